The van der Waals surface area contributed by atoms with Crippen molar-refractivity contribution in [1.82, 2.24) is 5.32 Å². The lowest BCUT2D eigenvalue weighted by atomic mass is 10.1. The van der Waals surface area contributed by atoms with Crippen LogP contribution < -0.4 is 11.1 Å². The highest BCUT2D eigenvalue weighted by Crippen LogP contribution is 2.16. The molecule has 0 heterocycles. The predicted molar refractivity (Wildman–Crippen MR) is 67.4 cm³/mol. The lowest BCUT2D eigenvalue weighted by molar-refractivity contribution is -0.125. The molecule has 0 spiro atoms. The average Bonchev–Trinajstić information content (AvgIpc) is 2.30. The maximum absolute atomic E-state index is 12.8. The zero-order chi connectivity index (χ0) is 13.8. The molecule has 100 valence electrons. The summed E-state index contributed by atoms with van der Waals surface area (Å²) in [5, 5.41) is 2.70. The Labute approximate surface area is 106 Å². The second-order valence-corrected chi connectivity index (χ2v) is 4.71. The van der Waals surface area contributed by atoms with Gasteiger partial charge in [0.1, 0.15) is 5.82 Å². The number of benzene rings is 1. The standard InChI is InChI=1S/C13H19FN2O2/c1-13(2,15)12(17)16-8-11(18-3)9-4-6-10(14)7-5-9/h4-7,11H,8,15H2,1-3H3,(H,16,17). The zero-order valence-corrected chi connectivity index (χ0v) is 10.9. The molecular weight excluding hydrogens is 235 g/mol. The molecule has 1 aromatic carbocycles. The number of nitrogens with one attached hydrogen (secondary N) is 1. The van der Waals surface area contributed by atoms with Crippen molar-refractivity contribution in [3.8, 4) is 0 Å². The van der Waals surface area contributed by atoms with Crippen LogP contribution in [0, 0.1) is 5.82 Å². The molecule has 0 aromatic heterocycles. The van der Waals surface area contributed by atoms with Crippen molar-refractivity contribution in [2.24, 2.45) is 5.73 Å². The van der Waals surface area contributed by atoms with Crippen LogP contribution >= 0.6 is 0 Å². The third kappa shape index (κ3) is 4.09. The number of ether oxygens (including phenoxy) is 1. The van der Waals surface area contributed by atoms with E-state index < -0.39 is 5.54 Å². The van der Waals surface area contributed by atoms with E-state index in [0.29, 0.717) is 6.54 Å². The summed E-state index contributed by atoms with van der Waals surface area (Å²) < 4.78 is 18.1. The molecule has 1 amide bonds. The van der Waals surface area contributed by atoms with Crippen molar-refractivity contribution in [1.29, 1.82) is 0 Å². The number of hydrogen-bond donors (Lipinski definition) is 2. The van der Waals surface area contributed by atoms with E-state index in [4.69, 9.17) is 10.5 Å². The van der Waals surface area contributed by atoms with E-state index in [0.717, 1.165) is 5.56 Å². The Morgan fingerprint density at radius 2 is 2.00 bits per heavy atom. The van der Waals surface area contributed by atoms with Gasteiger partial charge >= 0.3 is 0 Å². The van der Waals surface area contributed by atoms with E-state index in [1.54, 1.807) is 26.0 Å². The summed E-state index contributed by atoms with van der Waals surface area (Å²) in [6.45, 7) is 3.55. The van der Waals surface area contributed by atoms with E-state index in [9.17, 15) is 9.18 Å². The Hall–Kier alpha value is -1.46. The summed E-state index contributed by atoms with van der Waals surface area (Å²) in [5.74, 6) is -0.563. The Morgan fingerprint density at radius 3 is 2.44 bits per heavy atom. The van der Waals surface area contributed by atoms with Crippen LogP contribution in [0.4, 0.5) is 4.39 Å². The highest BCUT2D eigenvalue weighted by Gasteiger charge is 2.22. The van der Waals surface area contributed by atoms with E-state index in [1.807, 2.05) is 0 Å². The van der Waals surface area contributed by atoms with Crippen LogP contribution in [-0.2, 0) is 9.53 Å². The highest BCUT2D eigenvalue weighted by molar-refractivity contribution is 5.85. The Morgan fingerprint density at radius 1 is 1.44 bits per heavy atom. The first-order valence-electron chi connectivity index (χ1n) is 5.70. The number of carbonyl (C=O) groups excluding carboxylic acids is 1. The molecule has 0 bridgehead atoms. The van der Waals surface area contributed by atoms with Gasteiger partial charge in [0.05, 0.1) is 11.6 Å². The fraction of sp³-hybridized carbons (Fsp3) is 0.462. The third-order valence-electron chi connectivity index (χ3n) is 2.56. The maximum Gasteiger partial charge on any atom is 0.239 e. The van der Waals surface area contributed by atoms with Gasteiger partial charge in [0.15, 0.2) is 0 Å². The van der Waals surface area contributed by atoms with Crippen LogP contribution in [0.2, 0.25) is 0 Å². The van der Waals surface area contributed by atoms with Crippen molar-refractivity contribution >= 4 is 5.91 Å². The Balaban J connectivity index is 2.63. The van der Waals surface area contributed by atoms with Crippen LogP contribution in [0.5, 0.6) is 0 Å². The van der Waals surface area contributed by atoms with Gasteiger partial charge in [0.2, 0.25) is 5.91 Å². The smallest absolute Gasteiger partial charge is 0.239 e. The number of hydrogen-bond acceptors (Lipinski definition) is 3. The van der Waals surface area contributed by atoms with Crippen LogP contribution in [-0.4, -0.2) is 25.1 Å². The molecule has 0 saturated heterocycles. The molecule has 0 aliphatic heterocycles. The summed E-state index contributed by atoms with van der Waals surface area (Å²) in [6, 6.07) is 5.97. The number of rotatable bonds is 5. The van der Waals surface area contributed by atoms with Crippen LogP contribution in [0.15, 0.2) is 24.3 Å². The molecule has 0 aliphatic carbocycles. The maximum atomic E-state index is 12.8. The van der Waals surface area contributed by atoms with E-state index >= 15 is 0 Å². The van der Waals surface area contributed by atoms with Crippen molar-refractivity contribution < 1.29 is 13.9 Å². The van der Waals surface area contributed by atoms with Gasteiger partial charge in [0, 0.05) is 13.7 Å². The van der Waals surface area contributed by atoms with Gasteiger partial charge in [-0.3, -0.25) is 4.79 Å². The first-order valence-corrected chi connectivity index (χ1v) is 5.70. The normalized spacial score (nSPS) is 13.2. The SMILES string of the molecule is COC(CNC(=O)C(C)(C)N)c1ccc(F)cc1. The van der Waals surface area contributed by atoms with Crippen LogP contribution in [0.3, 0.4) is 0 Å². The fourth-order valence-electron chi connectivity index (χ4n) is 1.43. The number of amides is 1. The van der Waals surface area contributed by atoms with Crippen molar-refractivity contribution in [2.75, 3.05) is 13.7 Å². The summed E-state index contributed by atoms with van der Waals surface area (Å²) in [7, 11) is 1.54. The molecule has 1 aromatic rings. The number of carbonyl (C=O) groups is 1. The molecule has 0 fully saturated rings. The van der Waals surface area contributed by atoms with Crippen LogP contribution in [0.1, 0.15) is 25.5 Å². The van der Waals surface area contributed by atoms with Crippen molar-refractivity contribution in [3.05, 3.63) is 35.6 Å². The minimum absolute atomic E-state index is 0.258. The lowest BCUT2D eigenvalue weighted by Gasteiger charge is -2.21. The second-order valence-electron chi connectivity index (χ2n) is 4.71. The second kappa shape index (κ2) is 5.93. The minimum Gasteiger partial charge on any atom is -0.375 e. The lowest BCUT2D eigenvalue weighted by Crippen LogP contribution is -2.50. The van der Waals surface area contributed by atoms with Crippen molar-refractivity contribution in [2.45, 2.75) is 25.5 Å². The van der Waals surface area contributed by atoms with Gasteiger partial charge in [-0.1, -0.05) is 12.1 Å². The molecule has 1 unspecified atom stereocenters. The average molecular weight is 254 g/mol. The molecule has 0 aliphatic rings. The molecule has 0 saturated carbocycles. The summed E-state index contributed by atoms with van der Waals surface area (Å²) >= 11 is 0. The number of nitrogens with two attached hydrogens (primary N) is 1. The molecule has 0 radical (unpaired) electrons. The molecule has 1 rings (SSSR count). The molecular formula is C13H19FN2O2. The van der Waals surface area contributed by atoms with Gasteiger partial charge in [-0.05, 0) is 31.5 Å². The van der Waals surface area contributed by atoms with Gasteiger partial charge in [-0.15, -0.1) is 0 Å². The summed E-state index contributed by atoms with van der Waals surface area (Å²) in [5.41, 5.74) is 5.53. The Kier molecular flexibility index (Phi) is 4.81. The highest BCUT2D eigenvalue weighted by atomic mass is 19.1. The summed E-state index contributed by atoms with van der Waals surface area (Å²) in [4.78, 5) is 11.6. The quantitative estimate of drug-likeness (QED) is 0.834. The molecule has 3 N–H and O–H groups in total. The first-order chi connectivity index (χ1) is 8.34. The first kappa shape index (κ1) is 14.6. The topological polar surface area (TPSA) is 64.3 Å². The summed E-state index contributed by atoms with van der Waals surface area (Å²) in [6.07, 6.45) is -0.322. The van der Waals surface area contributed by atoms with Gasteiger partial charge < -0.3 is 15.8 Å². The van der Waals surface area contributed by atoms with Gasteiger partial charge in [-0.25, -0.2) is 4.39 Å². The molecule has 4 nitrogen and oxygen atoms in total. The van der Waals surface area contributed by atoms with E-state index in [2.05, 4.69) is 5.32 Å². The predicted octanol–water partition coefficient (Wildman–Crippen LogP) is 1.37. The largest absolute Gasteiger partial charge is 0.375 e. The minimum atomic E-state index is -0.929. The number of methoxy groups -OCH3 is 1. The van der Waals surface area contributed by atoms with Gasteiger partial charge in [0.25, 0.3) is 0 Å². The zero-order valence-electron chi connectivity index (χ0n) is 10.9. The van der Waals surface area contributed by atoms with E-state index in [1.165, 1.54) is 19.2 Å². The number of halogens is 1. The van der Waals surface area contributed by atoms with Gasteiger partial charge in [-0.2, -0.15) is 0 Å². The monoisotopic (exact) mass is 254 g/mol. The van der Waals surface area contributed by atoms with E-state index in [-0.39, 0.29) is 17.8 Å². The third-order valence-corrected chi connectivity index (χ3v) is 2.56. The molecule has 1 atom stereocenters. The van der Waals surface area contributed by atoms with Crippen LogP contribution in [0.25, 0.3) is 0 Å². The molecule has 18 heavy (non-hydrogen) atoms. The Bertz CT molecular complexity index is 398. The van der Waals surface area contributed by atoms with Crippen molar-refractivity contribution in [3.63, 3.8) is 0 Å². The molecule has 5 heteroatoms. The fourth-order valence-corrected chi connectivity index (χ4v) is 1.43.